The summed E-state index contributed by atoms with van der Waals surface area (Å²) in [6.07, 6.45) is 1.44. The number of rotatable bonds is 6. The molecule has 0 bridgehead atoms. The van der Waals surface area contributed by atoms with E-state index in [-0.39, 0.29) is 5.91 Å². The highest BCUT2D eigenvalue weighted by Gasteiger charge is 2.17. The number of ether oxygens (including phenoxy) is 1. The van der Waals surface area contributed by atoms with E-state index >= 15 is 0 Å². The monoisotopic (exact) mass is 390 g/mol. The van der Waals surface area contributed by atoms with Crippen LogP contribution in [0.5, 0.6) is 0 Å². The van der Waals surface area contributed by atoms with E-state index in [0.717, 1.165) is 17.8 Å². The second-order valence-corrected chi connectivity index (χ2v) is 8.13. The molecule has 0 aliphatic carbocycles. The van der Waals surface area contributed by atoms with Crippen molar-refractivity contribution in [2.45, 2.75) is 59.0 Å². The minimum Gasteiger partial charge on any atom is -0.444 e. The van der Waals surface area contributed by atoms with Gasteiger partial charge in [-0.15, -0.1) is 10.2 Å². The lowest BCUT2D eigenvalue weighted by atomic mass is 10.1. The van der Waals surface area contributed by atoms with Crippen LogP contribution in [0, 0.1) is 0 Å². The number of hydrogen-bond donors (Lipinski definition) is 2. The zero-order valence-corrected chi connectivity index (χ0v) is 17.1. The zero-order valence-electron chi connectivity index (χ0n) is 16.3. The summed E-state index contributed by atoms with van der Waals surface area (Å²) in [6.45, 7) is 9.60. The minimum atomic E-state index is -0.570. The Morgan fingerprint density at radius 1 is 1.07 bits per heavy atom. The fourth-order valence-electron chi connectivity index (χ4n) is 2.38. The number of aromatic nitrogens is 2. The van der Waals surface area contributed by atoms with Crippen LogP contribution in [0.15, 0.2) is 24.3 Å². The normalized spacial score (nSPS) is 11.3. The van der Waals surface area contributed by atoms with Gasteiger partial charge in [-0.2, -0.15) is 0 Å². The van der Waals surface area contributed by atoms with Crippen molar-refractivity contribution in [2.24, 2.45) is 0 Å². The molecule has 0 fully saturated rings. The van der Waals surface area contributed by atoms with E-state index in [1.54, 1.807) is 45.0 Å². The maximum atomic E-state index is 12.4. The van der Waals surface area contributed by atoms with Gasteiger partial charge in [0.2, 0.25) is 5.13 Å². The molecule has 146 valence electrons. The average molecular weight is 391 g/mol. The summed E-state index contributed by atoms with van der Waals surface area (Å²) < 4.78 is 5.20. The molecule has 1 heterocycles. The van der Waals surface area contributed by atoms with Crippen LogP contribution in [0.3, 0.4) is 0 Å². The van der Waals surface area contributed by atoms with Gasteiger partial charge in [0.15, 0.2) is 0 Å². The summed E-state index contributed by atoms with van der Waals surface area (Å²) >= 11 is 1.40. The molecule has 8 heteroatoms. The highest BCUT2D eigenvalue weighted by Crippen LogP contribution is 2.28. The number of carbonyl (C=O) groups excluding carboxylic acids is 2. The molecular weight excluding hydrogens is 364 g/mol. The Morgan fingerprint density at radius 2 is 1.70 bits per heavy atom. The lowest BCUT2D eigenvalue weighted by molar-refractivity contribution is 0.0636. The molecule has 2 rings (SSSR count). The molecule has 0 atom stereocenters. The summed E-state index contributed by atoms with van der Waals surface area (Å²) in [6, 6.07) is 6.55. The molecule has 0 radical (unpaired) electrons. The third kappa shape index (κ3) is 6.32. The Bertz CT molecular complexity index is 777. The highest BCUT2D eigenvalue weighted by atomic mass is 32.1. The SMILES string of the molecule is CCC(CC)c1nnc(NC(=O)c2ccc(NC(=O)OC(C)(C)C)cc2)s1. The fourth-order valence-corrected chi connectivity index (χ4v) is 3.39. The molecule has 2 aromatic rings. The van der Waals surface area contributed by atoms with Crippen molar-refractivity contribution in [3.63, 3.8) is 0 Å². The smallest absolute Gasteiger partial charge is 0.412 e. The molecule has 1 aromatic heterocycles. The molecule has 27 heavy (non-hydrogen) atoms. The van der Waals surface area contributed by atoms with Crippen molar-refractivity contribution in [2.75, 3.05) is 10.6 Å². The Labute approximate surface area is 163 Å². The molecule has 0 aliphatic heterocycles. The number of hydrogen-bond acceptors (Lipinski definition) is 6. The van der Waals surface area contributed by atoms with E-state index in [0.29, 0.717) is 22.3 Å². The quantitative estimate of drug-likeness (QED) is 0.720. The number of benzene rings is 1. The van der Waals surface area contributed by atoms with Crippen LogP contribution in [-0.2, 0) is 4.74 Å². The Hall–Kier alpha value is -2.48. The van der Waals surface area contributed by atoms with Gasteiger partial charge >= 0.3 is 6.09 Å². The molecule has 2 amide bonds. The van der Waals surface area contributed by atoms with Gasteiger partial charge in [-0.25, -0.2) is 4.79 Å². The molecule has 0 spiro atoms. The van der Waals surface area contributed by atoms with Gasteiger partial charge in [0, 0.05) is 17.2 Å². The second-order valence-electron chi connectivity index (χ2n) is 7.12. The lowest BCUT2D eigenvalue weighted by Gasteiger charge is -2.19. The first-order valence-electron chi connectivity index (χ1n) is 8.96. The minimum absolute atomic E-state index is 0.272. The summed E-state index contributed by atoms with van der Waals surface area (Å²) in [5.74, 6) is 0.0948. The number of anilines is 2. The number of nitrogens with zero attached hydrogens (tertiary/aromatic N) is 2. The topological polar surface area (TPSA) is 93.2 Å². The van der Waals surface area contributed by atoms with Crippen LogP contribution in [0.25, 0.3) is 0 Å². The van der Waals surface area contributed by atoms with Crippen LogP contribution >= 0.6 is 11.3 Å². The first kappa shape index (κ1) is 20.8. The van der Waals surface area contributed by atoms with Gasteiger partial charge in [-0.05, 0) is 57.9 Å². The maximum Gasteiger partial charge on any atom is 0.412 e. The Kier molecular flexibility index (Phi) is 6.90. The summed E-state index contributed by atoms with van der Waals surface area (Å²) in [7, 11) is 0. The van der Waals surface area contributed by atoms with Gasteiger partial charge < -0.3 is 4.74 Å². The van der Waals surface area contributed by atoms with Crippen LogP contribution in [0.2, 0.25) is 0 Å². The van der Waals surface area contributed by atoms with E-state index in [1.165, 1.54) is 11.3 Å². The van der Waals surface area contributed by atoms with Gasteiger partial charge in [0.25, 0.3) is 5.91 Å². The Morgan fingerprint density at radius 3 is 2.26 bits per heavy atom. The zero-order chi connectivity index (χ0) is 20.0. The van der Waals surface area contributed by atoms with E-state index in [4.69, 9.17) is 4.74 Å². The first-order chi connectivity index (χ1) is 12.7. The Balaban J connectivity index is 1.96. The molecule has 0 aliphatic rings. The van der Waals surface area contributed by atoms with Crippen molar-refractivity contribution >= 4 is 34.2 Å². The lowest BCUT2D eigenvalue weighted by Crippen LogP contribution is -2.27. The van der Waals surface area contributed by atoms with E-state index in [2.05, 4.69) is 34.7 Å². The maximum absolute atomic E-state index is 12.4. The van der Waals surface area contributed by atoms with E-state index < -0.39 is 11.7 Å². The number of amides is 2. The molecule has 7 nitrogen and oxygen atoms in total. The van der Waals surface area contributed by atoms with Crippen LogP contribution < -0.4 is 10.6 Å². The van der Waals surface area contributed by atoms with Crippen LogP contribution in [0.1, 0.15) is 68.7 Å². The largest absolute Gasteiger partial charge is 0.444 e. The molecule has 2 N–H and O–H groups in total. The predicted molar refractivity (Wildman–Crippen MR) is 107 cm³/mol. The molecule has 0 unspecified atom stereocenters. The molecular formula is C19H26N4O3S. The van der Waals surface area contributed by atoms with Gasteiger partial charge in [-0.1, -0.05) is 25.2 Å². The van der Waals surface area contributed by atoms with Crippen molar-refractivity contribution in [1.82, 2.24) is 10.2 Å². The summed E-state index contributed by atoms with van der Waals surface area (Å²) in [5, 5.41) is 15.0. The molecule has 1 aromatic carbocycles. The standard InChI is InChI=1S/C19H26N4O3S/c1-6-12(7-2)16-22-23-17(27-16)21-15(24)13-8-10-14(11-9-13)20-18(25)26-19(3,4)5/h8-12H,6-7H2,1-5H3,(H,20,25)(H,21,23,24). The van der Waals surface area contributed by atoms with Crippen LogP contribution in [0.4, 0.5) is 15.6 Å². The van der Waals surface area contributed by atoms with Crippen molar-refractivity contribution in [3.05, 3.63) is 34.8 Å². The van der Waals surface area contributed by atoms with E-state index in [9.17, 15) is 9.59 Å². The fraction of sp³-hybridized carbons (Fsp3) is 0.474. The molecule has 0 saturated carbocycles. The molecule has 0 saturated heterocycles. The number of carbonyl (C=O) groups is 2. The predicted octanol–water partition coefficient (Wildman–Crippen LogP) is 5.04. The summed E-state index contributed by atoms with van der Waals surface area (Å²) in [4.78, 5) is 24.1. The van der Waals surface area contributed by atoms with Crippen molar-refractivity contribution in [1.29, 1.82) is 0 Å². The first-order valence-corrected chi connectivity index (χ1v) is 9.78. The van der Waals surface area contributed by atoms with E-state index in [1.807, 2.05) is 0 Å². The van der Waals surface area contributed by atoms with Crippen LogP contribution in [-0.4, -0.2) is 27.8 Å². The number of nitrogens with one attached hydrogen (secondary N) is 2. The van der Waals surface area contributed by atoms with Gasteiger partial charge in [0.05, 0.1) is 0 Å². The van der Waals surface area contributed by atoms with Crippen molar-refractivity contribution < 1.29 is 14.3 Å². The third-order valence-corrected chi connectivity index (χ3v) is 4.79. The van der Waals surface area contributed by atoms with Gasteiger partial charge in [-0.3, -0.25) is 15.4 Å². The third-order valence-electron chi connectivity index (χ3n) is 3.79. The highest BCUT2D eigenvalue weighted by molar-refractivity contribution is 7.15. The van der Waals surface area contributed by atoms with Crippen molar-refractivity contribution in [3.8, 4) is 0 Å². The summed E-state index contributed by atoms with van der Waals surface area (Å²) in [5.41, 5.74) is 0.441. The van der Waals surface area contributed by atoms with Gasteiger partial charge in [0.1, 0.15) is 10.6 Å². The second kappa shape index (κ2) is 8.94. The average Bonchev–Trinajstić information content (AvgIpc) is 3.03.